The number of hydrogen-bond donors (Lipinski definition) is 2. The molecule has 160 valence electrons. The normalized spacial score (nSPS) is 16.1. The number of carbonyl (C=O) groups excluding carboxylic acids is 2. The highest BCUT2D eigenvalue weighted by Gasteiger charge is 2.28. The molecule has 0 bridgehead atoms. The molecule has 0 spiro atoms. The average Bonchev–Trinajstić information content (AvgIpc) is 3.26. The molecule has 1 aromatic heterocycles. The van der Waals surface area contributed by atoms with Gasteiger partial charge >= 0.3 is 6.03 Å². The predicted molar refractivity (Wildman–Crippen MR) is 123 cm³/mol. The number of benzene rings is 2. The van der Waals surface area contributed by atoms with Gasteiger partial charge in [-0.1, -0.05) is 40.6 Å². The van der Waals surface area contributed by atoms with E-state index in [2.05, 4.69) is 20.8 Å². The molecule has 1 saturated heterocycles. The van der Waals surface area contributed by atoms with Crippen LogP contribution in [0, 0.1) is 0 Å². The second kappa shape index (κ2) is 9.64. The van der Waals surface area contributed by atoms with E-state index in [0.717, 1.165) is 17.8 Å². The van der Waals surface area contributed by atoms with Crippen molar-refractivity contribution >= 4 is 57.9 Å². The fraction of sp³-hybridized carbons (Fsp3) is 0.238. The van der Waals surface area contributed by atoms with Gasteiger partial charge in [0.05, 0.1) is 0 Å². The maximum Gasteiger partial charge on any atom is 0.321 e. The summed E-state index contributed by atoms with van der Waals surface area (Å²) in [5.74, 6) is -0.297. The number of nitrogens with one attached hydrogen (secondary N) is 2. The van der Waals surface area contributed by atoms with Crippen molar-refractivity contribution in [3.63, 3.8) is 0 Å². The lowest BCUT2D eigenvalue weighted by atomic mass is 9.99. The smallest absolute Gasteiger partial charge is 0.321 e. The summed E-state index contributed by atoms with van der Waals surface area (Å²) in [6.45, 7) is 1.18. The van der Waals surface area contributed by atoms with Crippen molar-refractivity contribution in [3.05, 3.63) is 68.6 Å². The molecule has 4 rings (SSSR count). The molecule has 1 atom stereocenters. The van der Waals surface area contributed by atoms with Crippen LogP contribution in [0.3, 0.4) is 0 Å². The molecule has 3 amide bonds. The number of carbonyl (C=O) groups is 2. The number of amides is 3. The monoisotopic (exact) mass is 475 g/mol. The van der Waals surface area contributed by atoms with E-state index in [0.29, 0.717) is 34.5 Å². The third kappa shape index (κ3) is 5.52. The van der Waals surface area contributed by atoms with Crippen molar-refractivity contribution in [1.82, 2.24) is 15.1 Å². The second-order valence-electron chi connectivity index (χ2n) is 7.13. The number of urea groups is 1. The van der Waals surface area contributed by atoms with E-state index in [1.54, 1.807) is 53.4 Å². The Morgan fingerprint density at radius 2 is 1.81 bits per heavy atom. The summed E-state index contributed by atoms with van der Waals surface area (Å²) in [6, 6.07) is 13.7. The SMILES string of the molecule is O=C(Nc1cccc(Cl)c1)c1nnc(C2CCCN(C(=O)Nc3ccc(Cl)cc3)C2)s1. The Morgan fingerprint density at radius 1 is 1.00 bits per heavy atom. The zero-order chi connectivity index (χ0) is 21.8. The van der Waals surface area contributed by atoms with E-state index in [-0.39, 0.29) is 22.9 Å². The standard InChI is InChI=1S/C21H19Cl2N5O2S/c22-14-6-8-16(9-7-14)25-21(30)28-10-2-3-13(12-28)19-26-27-20(31-19)18(29)24-17-5-1-4-15(23)11-17/h1,4-9,11,13H,2-3,10,12H2,(H,24,29)(H,25,30). The van der Waals surface area contributed by atoms with Crippen molar-refractivity contribution in [2.24, 2.45) is 0 Å². The van der Waals surface area contributed by atoms with Gasteiger partial charge in [0.2, 0.25) is 5.01 Å². The molecule has 2 heterocycles. The third-order valence-electron chi connectivity index (χ3n) is 4.87. The van der Waals surface area contributed by atoms with Crippen LogP contribution in [0.2, 0.25) is 10.0 Å². The fourth-order valence-electron chi connectivity index (χ4n) is 3.34. The van der Waals surface area contributed by atoms with Gasteiger partial charge in [-0.2, -0.15) is 0 Å². The average molecular weight is 476 g/mol. The Balaban J connectivity index is 1.38. The molecule has 1 aliphatic heterocycles. The molecular weight excluding hydrogens is 457 g/mol. The van der Waals surface area contributed by atoms with Crippen molar-refractivity contribution < 1.29 is 9.59 Å². The van der Waals surface area contributed by atoms with Crippen LogP contribution >= 0.6 is 34.5 Å². The number of aromatic nitrogens is 2. The van der Waals surface area contributed by atoms with Crippen LogP contribution in [0.1, 0.15) is 33.6 Å². The highest BCUT2D eigenvalue weighted by molar-refractivity contribution is 7.13. The fourth-order valence-corrected chi connectivity index (χ4v) is 4.52. The molecule has 0 aliphatic carbocycles. The summed E-state index contributed by atoms with van der Waals surface area (Å²) < 4.78 is 0. The third-order valence-corrected chi connectivity index (χ3v) is 6.44. The molecule has 1 fully saturated rings. The van der Waals surface area contributed by atoms with Crippen molar-refractivity contribution in [2.45, 2.75) is 18.8 Å². The molecule has 31 heavy (non-hydrogen) atoms. The van der Waals surface area contributed by atoms with Gasteiger partial charge in [-0.05, 0) is 55.3 Å². The van der Waals surface area contributed by atoms with Gasteiger partial charge in [0, 0.05) is 40.4 Å². The van der Waals surface area contributed by atoms with Gasteiger partial charge in [0.25, 0.3) is 5.91 Å². The first kappa shape index (κ1) is 21.5. The summed E-state index contributed by atoms with van der Waals surface area (Å²) in [5.41, 5.74) is 1.28. The molecule has 0 radical (unpaired) electrons. The molecule has 2 N–H and O–H groups in total. The predicted octanol–water partition coefficient (Wildman–Crippen LogP) is 5.51. The molecule has 3 aromatic rings. The largest absolute Gasteiger partial charge is 0.324 e. The van der Waals surface area contributed by atoms with Gasteiger partial charge in [-0.25, -0.2) is 4.79 Å². The molecular formula is C21H19Cl2N5O2S. The van der Waals surface area contributed by atoms with Crippen LogP contribution in [0.25, 0.3) is 0 Å². The molecule has 10 heteroatoms. The topological polar surface area (TPSA) is 87.2 Å². The quantitative estimate of drug-likeness (QED) is 0.520. The molecule has 2 aromatic carbocycles. The van der Waals surface area contributed by atoms with Crippen LogP contribution < -0.4 is 10.6 Å². The van der Waals surface area contributed by atoms with Crippen molar-refractivity contribution in [2.75, 3.05) is 23.7 Å². The Kier molecular flexibility index (Phi) is 6.70. The maximum absolute atomic E-state index is 12.6. The van der Waals surface area contributed by atoms with Crippen molar-refractivity contribution in [3.8, 4) is 0 Å². The first-order valence-electron chi connectivity index (χ1n) is 9.70. The van der Waals surface area contributed by atoms with Gasteiger partial charge in [0.1, 0.15) is 5.01 Å². The van der Waals surface area contributed by atoms with Crippen LogP contribution in [-0.2, 0) is 0 Å². The zero-order valence-electron chi connectivity index (χ0n) is 16.3. The highest BCUT2D eigenvalue weighted by atomic mass is 35.5. The summed E-state index contributed by atoms with van der Waals surface area (Å²) in [6.07, 6.45) is 1.73. The number of piperidine rings is 1. The van der Waals surface area contributed by atoms with Crippen LogP contribution in [0.15, 0.2) is 48.5 Å². The number of anilines is 2. The molecule has 0 saturated carbocycles. The molecule has 1 unspecified atom stereocenters. The number of likely N-dealkylation sites (tertiary alicyclic amines) is 1. The minimum absolute atomic E-state index is 0.0370. The summed E-state index contributed by atoms with van der Waals surface area (Å²) >= 11 is 13.1. The lowest BCUT2D eigenvalue weighted by Gasteiger charge is -2.31. The van der Waals surface area contributed by atoms with E-state index in [4.69, 9.17) is 23.2 Å². The minimum Gasteiger partial charge on any atom is -0.324 e. The van der Waals surface area contributed by atoms with E-state index in [1.807, 2.05) is 0 Å². The molecule has 1 aliphatic rings. The van der Waals surface area contributed by atoms with Crippen molar-refractivity contribution in [1.29, 1.82) is 0 Å². The Morgan fingerprint density at radius 3 is 2.58 bits per heavy atom. The number of halogens is 2. The summed E-state index contributed by atoms with van der Waals surface area (Å²) in [7, 11) is 0. The van der Waals surface area contributed by atoms with E-state index in [1.165, 1.54) is 11.3 Å². The highest BCUT2D eigenvalue weighted by Crippen LogP contribution is 2.30. The lowest BCUT2D eigenvalue weighted by Crippen LogP contribution is -2.41. The van der Waals surface area contributed by atoms with Gasteiger partial charge in [0.15, 0.2) is 0 Å². The Labute approximate surface area is 193 Å². The van der Waals surface area contributed by atoms with Crippen LogP contribution in [0.4, 0.5) is 16.2 Å². The van der Waals surface area contributed by atoms with Crippen LogP contribution in [0.5, 0.6) is 0 Å². The summed E-state index contributed by atoms with van der Waals surface area (Å²) in [5, 5.41) is 16.1. The van der Waals surface area contributed by atoms with Gasteiger partial charge in [-0.15, -0.1) is 10.2 Å². The lowest BCUT2D eigenvalue weighted by molar-refractivity contribution is 0.102. The zero-order valence-corrected chi connectivity index (χ0v) is 18.7. The van der Waals surface area contributed by atoms with Gasteiger partial charge in [-0.3, -0.25) is 4.79 Å². The van der Waals surface area contributed by atoms with E-state index in [9.17, 15) is 9.59 Å². The number of nitrogens with zero attached hydrogens (tertiary/aromatic N) is 3. The summed E-state index contributed by atoms with van der Waals surface area (Å²) in [4.78, 5) is 26.9. The minimum atomic E-state index is -0.334. The first-order valence-corrected chi connectivity index (χ1v) is 11.3. The number of rotatable bonds is 4. The Hall–Kier alpha value is -2.68. The Bertz CT molecular complexity index is 1090. The van der Waals surface area contributed by atoms with E-state index >= 15 is 0 Å². The van der Waals surface area contributed by atoms with Gasteiger partial charge < -0.3 is 15.5 Å². The maximum atomic E-state index is 12.6. The second-order valence-corrected chi connectivity index (χ2v) is 9.01. The van der Waals surface area contributed by atoms with Crippen LogP contribution in [-0.4, -0.2) is 40.1 Å². The van der Waals surface area contributed by atoms with E-state index < -0.39 is 0 Å². The number of hydrogen-bond acceptors (Lipinski definition) is 5. The first-order chi connectivity index (χ1) is 15.0. The molecule has 7 nitrogen and oxygen atoms in total.